The Morgan fingerprint density at radius 3 is 2.55 bits per heavy atom. The number of hydrogen-bond acceptors (Lipinski definition) is 4. The number of pyridine rings is 1. The minimum absolute atomic E-state index is 0.105. The van der Waals surface area contributed by atoms with Gasteiger partial charge in [-0.3, -0.25) is 9.78 Å². The second kappa shape index (κ2) is 6.93. The van der Waals surface area contributed by atoms with Gasteiger partial charge in [0.15, 0.2) is 0 Å². The number of hydrogen-bond donors (Lipinski definition) is 1. The molecule has 0 fully saturated rings. The quantitative estimate of drug-likeness (QED) is 0.888. The maximum absolute atomic E-state index is 10.7. The second-order valence-electron chi connectivity index (χ2n) is 4.90. The zero-order chi connectivity index (χ0) is 16.1. The maximum atomic E-state index is 10.7. The topological polar surface area (TPSA) is 68.7 Å². The Morgan fingerprint density at radius 1 is 1.18 bits per heavy atom. The average molecular weight is 301 g/mol. The van der Waals surface area contributed by atoms with Crippen LogP contribution >= 0.6 is 0 Å². The van der Waals surface area contributed by atoms with Gasteiger partial charge in [0.05, 0.1) is 19.9 Å². The first kappa shape index (κ1) is 15.8. The molecule has 0 atom stereocenters. The van der Waals surface area contributed by atoms with Gasteiger partial charge in [-0.1, -0.05) is 6.07 Å². The largest absolute Gasteiger partial charge is 0.497 e. The van der Waals surface area contributed by atoms with Gasteiger partial charge >= 0.3 is 5.97 Å². The van der Waals surface area contributed by atoms with Crippen LogP contribution < -0.4 is 9.47 Å². The van der Waals surface area contributed by atoms with E-state index in [4.69, 9.17) is 14.6 Å². The fourth-order valence-electron chi connectivity index (χ4n) is 2.26. The summed E-state index contributed by atoms with van der Waals surface area (Å²) >= 11 is 0. The molecule has 0 spiro atoms. The fraction of sp³-hybridized carbons (Fsp3) is 0.294. The normalized spacial score (nSPS) is 10.3. The molecule has 5 nitrogen and oxygen atoms in total. The summed E-state index contributed by atoms with van der Waals surface area (Å²) in [5, 5.41) is 8.77. The number of aliphatic carboxylic acids is 1. The highest BCUT2D eigenvalue weighted by atomic mass is 16.5. The fourth-order valence-corrected chi connectivity index (χ4v) is 2.26. The summed E-state index contributed by atoms with van der Waals surface area (Å²) in [6, 6.07) is 9.37. The third kappa shape index (κ3) is 3.55. The van der Waals surface area contributed by atoms with Gasteiger partial charge in [-0.25, -0.2) is 0 Å². The van der Waals surface area contributed by atoms with Crippen molar-refractivity contribution in [1.29, 1.82) is 0 Å². The SMILES string of the molecule is COc1ccc(-c2ccc(CCC(=O)O)c(C)n2)c(OC)c1. The van der Waals surface area contributed by atoms with Crippen molar-refractivity contribution in [2.75, 3.05) is 14.2 Å². The van der Waals surface area contributed by atoms with Crippen LogP contribution in [0.1, 0.15) is 17.7 Å². The Labute approximate surface area is 129 Å². The molecule has 0 radical (unpaired) electrons. The maximum Gasteiger partial charge on any atom is 0.303 e. The molecular formula is C17H19NO4. The van der Waals surface area contributed by atoms with E-state index in [1.54, 1.807) is 14.2 Å². The number of carboxylic acids is 1. The Balaban J connectivity index is 2.33. The lowest BCUT2D eigenvalue weighted by Crippen LogP contribution is -2.01. The summed E-state index contributed by atoms with van der Waals surface area (Å²) in [6.07, 6.45) is 0.585. The molecule has 116 valence electrons. The van der Waals surface area contributed by atoms with E-state index in [0.717, 1.165) is 28.3 Å². The van der Waals surface area contributed by atoms with Crippen LogP contribution in [0.25, 0.3) is 11.3 Å². The van der Waals surface area contributed by atoms with Crippen molar-refractivity contribution < 1.29 is 19.4 Å². The van der Waals surface area contributed by atoms with Gasteiger partial charge in [0.25, 0.3) is 0 Å². The van der Waals surface area contributed by atoms with Gasteiger partial charge in [0.1, 0.15) is 11.5 Å². The van der Waals surface area contributed by atoms with Crippen LogP contribution in [-0.2, 0) is 11.2 Å². The van der Waals surface area contributed by atoms with E-state index in [-0.39, 0.29) is 6.42 Å². The first-order chi connectivity index (χ1) is 10.5. The Morgan fingerprint density at radius 2 is 1.95 bits per heavy atom. The van der Waals surface area contributed by atoms with Crippen molar-refractivity contribution in [3.8, 4) is 22.8 Å². The lowest BCUT2D eigenvalue weighted by molar-refractivity contribution is -0.136. The van der Waals surface area contributed by atoms with Gasteiger partial charge in [-0.05, 0) is 37.1 Å². The number of nitrogens with zero attached hydrogens (tertiary/aromatic N) is 1. The number of carbonyl (C=O) groups is 1. The molecule has 1 N–H and O–H groups in total. The van der Waals surface area contributed by atoms with Gasteiger partial charge in [-0.2, -0.15) is 0 Å². The third-order valence-corrected chi connectivity index (χ3v) is 3.49. The minimum atomic E-state index is -0.805. The van der Waals surface area contributed by atoms with E-state index in [2.05, 4.69) is 4.98 Å². The molecule has 2 aromatic rings. The van der Waals surface area contributed by atoms with Crippen LogP contribution in [0.3, 0.4) is 0 Å². The van der Waals surface area contributed by atoms with E-state index >= 15 is 0 Å². The molecule has 0 unspecified atom stereocenters. The van der Waals surface area contributed by atoms with Crippen molar-refractivity contribution in [3.63, 3.8) is 0 Å². The summed E-state index contributed by atoms with van der Waals surface area (Å²) in [5.41, 5.74) is 3.43. The van der Waals surface area contributed by atoms with Crippen molar-refractivity contribution in [2.45, 2.75) is 19.8 Å². The lowest BCUT2D eigenvalue weighted by Gasteiger charge is -2.12. The number of ether oxygens (including phenoxy) is 2. The molecule has 22 heavy (non-hydrogen) atoms. The molecule has 0 saturated carbocycles. The highest BCUT2D eigenvalue weighted by Crippen LogP contribution is 2.32. The molecule has 0 aliphatic rings. The number of aromatic nitrogens is 1. The van der Waals surface area contributed by atoms with Crippen molar-refractivity contribution in [2.24, 2.45) is 0 Å². The van der Waals surface area contributed by atoms with Gasteiger partial charge in [-0.15, -0.1) is 0 Å². The molecule has 0 bridgehead atoms. The van der Waals surface area contributed by atoms with E-state index in [1.807, 2.05) is 37.3 Å². The summed E-state index contributed by atoms with van der Waals surface area (Å²) in [5.74, 6) is 0.597. The summed E-state index contributed by atoms with van der Waals surface area (Å²) in [6.45, 7) is 1.89. The molecule has 2 rings (SSSR count). The van der Waals surface area contributed by atoms with E-state index in [0.29, 0.717) is 12.2 Å². The third-order valence-electron chi connectivity index (χ3n) is 3.49. The van der Waals surface area contributed by atoms with E-state index < -0.39 is 5.97 Å². The van der Waals surface area contributed by atoms with Crippen LogP contribution in [0.2, 0.25) is 0 Å². The monoisotopic (exact) mass is 301 g/mol. The average Bonchev–Trinajstić information content (AvgIpc) is 2.52. The zero-order valence-electron chi connectivity index (χ0n) is 12.9. The summed E-state index contributed by atoms with van der Waals surface area (Å²) in [4.78, 5) is 15.2. The lowest BCUT2D eigenvalue weighted by atomic mass is 10.0. The second-order valence-corrected chi connectivity index (χ2v) is 4.90. The van der Waals surface area contributed by atoms with Crippen molar-refractivity contribution in [1.82, 2.24) is 4.98 Å². The highest BCUT2D eigenvalue weighted by Gasteiger charge is 2.11. The molecule has 5 heteroatoms. The van der Waals surface area contributed by atoms with Crippen molar-refractivity contribution >= 4 is 5.97 Å². The molecular weight excluding hydrogens is 282 g/mol. The standard InChI is InChI=1S/C17H19NO4/c1-11-12(5-9-17(19)20)4-8-15(18-11)14-7-6-13(21-2)10-16(14)22-3/h4,6-8,10H,5,9H2,1-3H3,(H,19,20). The summed E-state index contributed by atoms with van der Waals surface area (Å²) < 4.78 is 10.6. The van der Waals surface area contributed by atoms with Crippen LogP contribution in [0.15, 0.2) is 30.3 Å². The smallest absolute Gasteiger partial charge is 0.303 e. The minimum Gasteiger partial charge on any atom is -0.497 e. The Hall–Kier alpha value is -2.56. The van der Waals surface area contributed by atoms with Crippen LogP contribution in [0.5, 0.6) is 11.5 Å². The zero-order valence-corrected chi connectivity index (χ0v) is 12.9. The predicted molar refractivity (Wildman–Crippen MR) is 83.5 cm³/mol. The molecule has 1 aromatic heterocycles. The summed E-state index contributed by atoms with van der Waals surface area (Å²) in [7, 11) is 3.21. The van der Waals surface area contributed by atoms with Gasteiger partial charge in [0.2, 0.25) is 0 Å². The first-order valence-electron chi connectivity index (χ1n) is 6.96. The first-order valence-corrected chi connectivity index (χ1v) is 6.96. The molecule has 0 aliphatic heterocycles. The van der Waals surface area contributed by atoms with Crippen molar-refractivity contribution in [3.05, 3.63) is 41.6 Å². The Kier molecular flexibility index (Phi) is 4.99. The number of aryl methyl sites for hydroxylation is 2. The number of methoxy groups -OCH3 is 2. The predicted octanol–water partition coefficient (Wildman–Crippen LogP) is 3.09. The molecule has 0 amide bonds. The number of rotatable bonds is 6. The number of carboxylic acid groups (broad SMARTS) is 1. The number of benzene rings is 1. The van der Waals surface area contributed by atoms with Crippen LogP contribution in [0, 0.1) is 6.92 Å². The Bertz CT molecular complexity index is 682. The highest BCUT2D eigenvalue weighted by molar-refractivity contribution is 5.69. The molecule has 0 saturated heterocycles. The molecule has 0 aliphatic carbocycles. The van der Waals surface area contributed by atoms with Gasteiger partial charge < -0.3 is 14.6 Å². The molecule has 1 heterocycles. The van der Waals surface area contributed by atoms with Gasteiger partial charge in [0, 0.05) is 23.7 Å². The molecule has 1 aromatic carbocycles. The van der Waals surface area contributed by atoms with Crippen LogP contribution in [0.4, 0.5) is 0 Å². The van der Waals surface area contributed by atoms with Crippen LogP contribution in [-0.4, -0.2) is 30.3 Å². The van der Waals surface area contributed by atoms with E-state index in [9.17, 15) is 4.79 Å². The van der Waals surface area contributed by atoms with E-state index in [1.165, 1.54) is 0 Å².